The standard InChI is InChI=1S/C25H17F6N5O3S/c1-2-22(37)36-40(38,39)17-5-3-4-14(10-17)18-11-15(8-9-32-18)23-34-19(12-21(35-23)25(29,30)31)16-6-7-20(33-13-16)24(26,27)28/h3-13H,2H2,1H3,(H,36,37). The predicted octanol–water partition coefficient (Wildman–Crippen LogP) is 5.52. The highest BCUT2D eigenvalue weighted by Crippen LogP contribution is 2.34. The van der Waals surface area contributed by atoms with Gasteiger partial charge in [0.1, 0.15) is 11.4 Å². The Kier molecular flexibility index (Phi) is 7.61. The average molecular weight is 581 g/mol. The number of amides is 1. The second-order valence-corrected chi connectivity index (χ2v) is 9.91. The summed E-state index contributed by atoms with van der Waals surface area (Å²) in [5.41, 5.74) is -2.53. The molecule has 0 aliphatic carbocycles. The molecule has 3 heterocycles. The molecule has 0 bridgehead atoms. The first-order chi connectivity index (χ1) is 18.7. The summed E-state index contributed by atoms with van der Waals surface area (Å²) in [5.74, 6) is -1.13. The highest BCUT2D eigenvalue weighted by atomic mass is 32.2. The van der Waals surface area contributed by atoms with E-state index in [4.69, 9.17) is 0 Å². The molecule has 1 aromatic carbocycles. The first-order valence-electron chi connectivity index (χ1n) is 11.3. The number of aromatic nitrogens is 4. The van der Waals surface area contributed by atoms with Crippen molar-refractivity contribution in [1.29, 1.82) is 0 Å². The Bertz CT molecular complexity index is 1670. The van der Waals surface area contributed by atoms with Crippen LogP contribution in [0.25, 0.3) is 33.9 Å². The van der Waals surface area contributed by atoms with Crippen LogP contribution in [0.4, 0.5) is 26.3 Å². The number of nitrogens with zero attached hydrogens (tertiary/aromatic N) is 4. The van der Waals surface area contributed by atoms with Crippen LogP contribution in [0.15, 0.2) is 71.9 Å². The molecule has 1 amide bonds. The Hall–Kier alpha value is -4.40. The first kappa shape index (κ1) is 28.6. The van der Waals surface area contributed by atoms with Crippen LogP contribution in [0.5, 0.6) is 0 Å². The van der Waals surface area contributed by atoms with Crippen LogP contribution in [0, 0.1) is 0 Å². The third kappa shape index (κ3) is 6.42. The number of carbonyl (C=O) groups excluding carboxylic acids is 1. The lowest BCUT2D eigenvalue weighted by molar-refractivity contribution is -0.141. The van der Waals surface area contributed by atoms with Gasteiger partial charge < -0.3 is 0 Å². The summed E-state index contributed by atoms with van der Waals surface area (Å²) in [6, 6.07) is 10.2. The molecule has 3 aromatic heterocycles. The summed E-state index contributed by atoms with van der Waals surface area (Å²) < 4.78 is 107. The first-order valence-corrected chi connectivity index (χ1v) is 12.8. The van der Waals surface area contributed by atoms with Gasteiger partial charge in [0, 0.05) is 35.5 Å². The van der Waals surface area contributed by atoms with E-state index in [9.17, 15) is 39.6 Å². The van der Waals surface area contributed by atoms with Gasteiger partial charge >= 0.3 is 12.4 Å². The molecule has 0 radical (unpaired) electrons. The zero-order valence-corrected chi connectivity index (χ0v) is 21.1. The highest BCUT2D eigenvalue weighted by Gasteiger charge is 2.35. The van der Waals surface area contributed by atoms with Crippen molar-refractivity contribution >= 4 is 15.9 Å². The van der Waals surface area contributed by atoms with E-state index < -0.39 is 45.5 Å². The zero-order valence-electron chi connectivity index (χ0n) is 20.2. The lowest BCUT2D eigenvalue weighted by Gasteiger charge is -2.12. The molecule has 0 saturated carbocycles. The number of carbonyl (C=O) groups is 1. The molecule has 8 nitrogen and oxygen atoms in total. The number of nitrogens with one attached hydrogen (secondary N) is 1. The molecule has 4 aromatic rings. The molecule has 208 valence electrons. The maximum Gasteiger partial charge on any atom is 0.433 e. The number of pyridine rings is 2. The predicted molar refractivity (Wildman–Crippen MR) is 130 cm³/mol. The second-order valence-electron chi connectivity index (χ2n) is 8.23. The molecular weight excluding hydrogens is 564 g/mol. The largest absolute Gasteiger partial charge is 0.433 e. The number of rotatable bonds is 6. The van der Waals surface area contributed by atoms with Crippen LogP contribution in [-0.2, 0) is 27.2 Å². The summed E-state index contributed by atoms with van der Waals surface area (Å²) >= 11 is 0. The average Bonchev–Trinajstić information content (AvgIpc) is 2.92. The molecule has 0 aliphatic heterocycles. The SMILES string of the molecule is CCC(=O)NS(=O)(=O)c1cccc(-c2cc(-c3nc(-c4ccc(C(F)(F)F)nc4)cc(C(F)(F)F)n3)ccn2)c1. The van der Waals surface area contributed by atoms with E-state index in [0.29, 0.717) is 12.1 Å². The van der Waals surface area contributed by atoms with Crippen molar-refractivity contribution in [2.75, 3.05) is 0 Å². The molecule has 0 saturated heterocycles. The van der Waals surface area contributed by atoms with Crippen molar-refractivity contribution in [3.63, 3.8) is 0 Å². The Morgan fingerprint density at radius 3 is 2.15 bits per heavy atom. The molecule has 4 rings (SSSR count). The van der Waals surface area contributed by atoms with E-state index in [1.165, 1.54) is 49.5 Å². The Balaban J connectivity index is 1.77. The fourth-order valence-corrected chi connectivity index (χ4v) is 4.52. The van der Waals surface area contributed by atoms with E-state index in [0.717, 1.165) is 12.3 Å². The van der Waals surface area contributed by atoms with Crippen molar-refractivity contribution in [2.45, 2.75) is 30.6 Å². The Labute approximate surface area is 223 Å². The van der Waals surface area contributed by atoms with Gasteiger partial charge in [0.05, 0.1) is 16.3 Å². The summed E-state index contributed by atoms with van der Waals surface area (Å²) in [6.45, 7) is 1.48. The van der Waals surface area contributed by atoms with E-state index in [1.54, 1.807) is 0 Å². The third-order valence-corrected chi connectivity index (χ3v) is 6.76. The van der Waals surface area contributed by atoms with Crippen LogP contribution in [0.1, 0.15) is 24.7 Å². The quantitative estimate of drug-likeness (QED) is 0.298. The minimum atomic E-state index is -4.91. The normalized spacial score (nSPS) is 12.3. The molecule has 0 atom stereocenters. The molecule has 1 N–H and O–H groups in total. The minimum absolute atomic E-state index is 0.0600. The molecule has 0 aliphatic rings. The van der Waals surface area contributed by atoms with Gasteiger partial charge in [-0.2, -0.15) is 26.3 Å². The van der Waals surface area contributed by atoms with Crippen molar-refractivity contribution in [2.24, 2.45) is 0 Å². The fraction of sp³-hybridized carbons (Fsp3) is 0.160. The molecule has 0 unspecified atom stereocenters. The number of hydrogen-bond donors (Lipinski definition) is 1. The van der Waals surface area contributed by atoms with Crippen molar-refractivity contribution in [3.8, 4) is 33.9 Å². The fourth-order valence-electron chi connectivity index (χ4n) is 3.41. The van der Waals surface area contributed by atoms with Crippen molar-refractivity contribution < 1.29 is 39.6 Å². The number of hydrogen-bond acceptors (Lipinski definition) is 7. The van der Waals surface area contributed by atoms with Gasteiger partial charge in [-0.1, -0.05) is 19.1 Å². The molecule has 0 spiro atoms. The lowest BCUT2D eigenvalue weighted by Crippen LogP contribution is -2.29. The maximum absolute atomic E-state index is 13.7. The second kappa shape index (κ2) is 10.6. The van der Waals surface area contributed by atoms with Crippen LogP contribution < -0.4 is 4.72 Å². The molecular formula is C25H17F6N5O3S. The zero-order chi connectivity index (χ0) is 29.3. The van der Waals surface area contributed by atoms with Gasteiger partial charge in [0.2, 0.25) is 5.91 Å². The number of benzene rings is 1. The van der Waals surface area contributed by atoms with E-state index in [-0.39, 0.29) is 39.4 Å². The van der Waals surface area contributed by atoms with E-state index >= 15 is 0 Å². The summed E-state index contributed by atoms with van der Waals surface area (Å²) in [7, 11) is -4.19. The van der Waals surface area contributed by atoms with E-state index in [2.05, 4.69) is 19.9 Å². The van der Waals surface area contributed by atoms with Crippen molar-refractivity contribution in [1.82, 2.24) is 24.7 Å². The van der Waals surface area contributed by atoms with Gasteiger partial charge in [-0.05, 0) is 42.5 Å². The molecule has 15 heteroatoms. The Morgan fingerprint density at radius 2 is 1.52 bits per heavy atom. The van der Waals surface area contributed by atoms with Gasteiger partial charge in [0.15, 0.2) is 5.82 Å². The van der Waals surface area contributed by atoms with E-state index in [1.807, 2.05) is 4.72 Å². The van der Waals surface area contributed by atoms with Crippen LogP contribution in [0.3, 0.4) is 0 Å². The topological polar surface area (TPSA) is 115 Å². The number of sulfonamides is 1. The number of halogens is 6. The van der Waals surface area contributed by atoms with Gasteiger partial charge in [-0.25, -0.2) is 23.1 Å². The molecule has 40 heavy (non-hydrogen) atoms. The highest BCUT2D eigenvalue weighted by molar-refractivity contribution is 7.90. The number of alkyl halides is 6. The lowest BCUT2D eigenvalue weighted by atomic mass is 10.1. The monoisotopic (exact) mass is 581 g/mol. The summed E-state index contributed by atoms with van der Waals surface area (Å²) in [6.07, 6.45) is -7.71. The third-order valence-electron chi connectivity index (χ3n) is 5.39. The van der Waals surface area contributed by atoms with Gasteiger partial charge in [0.25, 0.3) is 10.0 Å². The smallest absolute Gasteiger partial charge is 0.274 e. The van der Waals surface area contributed by atoms with Crippen LogP contribution in [0.2, 0.25) is 0 Å². The van der Waals surface area contributed by atoms with Gasteiger partial charge in [-0.15, -0.1) is 0 Å². The summed E-state index contributed by atoms with van der Waals surface area (Å²) in [5, 5.41) is 0. The van der Waals surface area contributed by atoms with Crippen molar-refractivity contribution in [3.05, 3.63) is 78.4 Å². The maximum atomic E-state index is 13.7. The van der Waals surface area contributed by atoms with Gasteiger partial charge in [-0.3, -0.25) is 14.8 Å². The summed E-state index contributed by atoms with van der Waals surface area (Å²) in [4.78, 5) is 26.5. The molecule has 0 fully saturated rings. The minimum Gasteiger partial charge on any atom is -0.274 e. The van der Waals surface area contributed by atoms with Crippen LogP contribution in [-0.4, -0.2) is 34.3 Å². The van der Waals surface area contributed by atoms with Crippen LogP contribution >= 0.6 is 0 Å². The Morgan fingerprint density at radius 1 is 0.800 bits per heavy atom.